The van der Waals surface area contributed by atoms with E-state index in [1.165, 1.54) is 12.8 Å². The summed E-state index contributed by atoms with van der Waals surface area (Å²) in [6.07, 6.45) is 2.38. The highest BCUT2D eigenvalue weighted by Gasteiger charge is 2.42. The Hall–Kier alpha value is -1.02. The molecular weight excluding hydrogens is 453 g/mol. The number of nitrogens with zero attached hydrogens (tertiary/aromatic N) is 2. The van der Waals surface area contributed by atoms with Crippen molar-refractivity contribution >= 4 is 29.9 Å². The topological polar surface area (TPSA) is 46.1 Å². The normalized spacial score (nSPS) is 22.4. The molecule has 0 radical (unpaired) electrons. The molecule has 1 atom stereocenters. The zero-order valence-electron chi connectivity index (χ0n) is 16.9. The molecule has 1 aromatic rings. The predicted molar refractivity (Wildman–Crippen MR) is 121 cm³/mol. The van der Waals surface area contributed by atoms with E-state index in [0.29, 0.717) is 17.9 Å². The fraction of sp³-hybridized carbons (Fsp3) is 0.667. The van der Waals surface area contributed by atoms with Crippen LogP contribution in [-0.4, -0.2) is 50.3 Å². The van der Waals surface area contributed by atoms with Crippen LogP contribution < -0.4 is 10.1 Å². The Balaban J connectivity index is 0.00000261. The van der Waals surface area contributed by atoms with E-state index in [0.717, 1.165) is 56.7 Å². The molecule has 2 heterocycles. The standard InChI is InChI=1S/C21H33N3O2.HI/c1-4-22-20(24-11-9-21(15-24)10-12-25-16-21)23-13-18-7-5-6-8-19(18)26-14-17(2)3;/h5-8,17H,4,9-16H2,1-3H3,(H,22,23);1H. The lowest BCUT2D eigenvalue weighted by molar-refractivity contribution is 0.156. The van der Waals surface area contributed by atoms with E-state index < -0.39 is 0 Å². The van der Waals surface area contributed by atoms with Crippen LogP contribution in [0.4, 0.5) is 0 Å². The second-order valence-corrected chi connectivity index (χ2v) is 7.96. The molecule has 152 valence electrons. The van der Waals surface area contributed by atoms with E-state index in [1.54, 1.807) is 0 Å². The van der Waals surface area contributed by atoms with Gasteiger partial charge in [-0.2, -0.15) is 0 Å². The van der Waals surface area contributed by atoms with Gasteiger partial charge in [-0.05, 0) is 31.7 Å². The largest absolute Gasteiger partial charge is 0.493 e. The number of likely N-dealkylation sites (tertiary alicyclic amines) is 1. The van der Waals surface area contributed by atoms with Crippen LogP contribution >= 0.6 is 24.0 Å². The summed E-state index contributed by atoms with van der Waals surface area (Å²) in [5, 5.41) is 3.47. The first kappa shape index (κ1) is 22.3. The molecule has 2 fully saturated rings. The molecule has 0 bridgehead atoms. The second kappa shape index (κ2) is 10.5. The van der Waals surface area contributed by atoms with Crippen molar-refractivity contribution in [2.75, 3.05) is 39.5 Å². The lowest BCUT2D eigenvalue weighted by Crippen LogP contribution is -2.41. The predicted octanol–water partition coefficient (Wildman–Crippen LogP) is 3.92. The first-order valence-corrected chi connectivity index (χ1v) is 9.93. The minimum atomic E-state index is 0. The smallest absolute Gasteiger partial charge is 0.194 e. The van der Waals surface area contributed by atoms with Gasteiger partial charge in [0.1, 0.15) is 5.75 Å². The van der Waals surface area contributed by atoms with E-state index in [9.17, 15) is 0 Å². The van der Waals surface area contributed by atoms with Crippen molar-refractivity contribution in [2.24, 2.45) is 16.3 Å². The molecule has 1 N–H and O–H groups in total. The van der Waals surface area contributed by atoms with E-state index in [4.69, 9.17) is 14.5 Å². The van der Waals surface area contributed by atoms with Crippen LogP contribution in [-0.2, 0) is 11.3 Å². The molecule has 2 saturated heterocycles. The number of hydrogen-bond donors (Lipinski definition) is 1. The van der Waals surface area contributed by atoms with E-state index in [-0.39, 0.29) is 24.0 Å². The minimum Gasteiger partial charge on any atom is -0.493 e. The third-order valence-electron chi connectivity index (χ3n) is 5.20. The Morgan fingerprint density at radius 1 is 1.33 bits per heavy atom. The summed E-state index contributed by atoms with van der Waals surface area (Å²) >= 11 is 0. The molecule has 0 saturated carbocycles. The first-order chi connectivity index (χ1) is 12.6. The monoisotopic (exact) mass is 487 g/mol. The number of aliphatic imine (C=N–C) groups is 1. The number of para-hydroxylation sites is 1. The highest BCUT2D eigenvalue weighted by atomic mass is 127. The fourth-order valence-corrected chi connectivity index (χ4v) is 3.70. The summed E-state index contributed by atoms with van der Waals surface area (Å²) < 4.78 is 11.6. The van der Waals surface area contributed by atoms with Crippen molar-refractivity contribution in [2.45, 2.75) is 40.2 Å². The van der Waals surface area contributed by atoms with Gasteiger partial charge in [0.05, 0.1) is 19.8 Å². The molecule has 1 spiro atoms. The molecule has 0 amide bonds. The van der Waals surface area contributed by atoms with Crippen molar-refractivity contribution in [1.82, 2.24) is 10.2 Å². The molecular formula is C21H34IN3O2. The average molecular weight is 487 g/mol. The average Bonchev–Trinajstić information content (AvgIpc) is 3.27. The number of hydrogen-bond acceptors (Lipinski definition) is 3. The molecule has 2 aliphatic heterocycles. The molecule has 0 aliphatic carbocycles. The third-order valence-corrected chi connectivity index (χ3v) is 5.20. The van der Waals surface area contributed by atoms with Crippen LogP contribution in [0.5, 0.6) is 5.75 Å². The van der Waals surface area contributed by atoms with Crippen LogP contribution in [0, 0.1) is 11.3 Å². The molecule has 6 heteroatoms. The Kier molecular flexibility index (Phi) is 8.66. The van der Waals surface area contributed by atoms with Crippen molar-refractivity contribution in [3.8, 4) is 5.75 Å². The summed E-state index contributed by atoms with van der Waals surface area (Å²) in [5.74, 6) is 2.47. The van der Waals surface area contributed by atoms with Crippen molar-refractivity contribution in [3.05, 3.63) is 29.8 Å². The van der Waals surface area contributed by atoms with Gasteiger partial charge in [-0.3, -0.25) is 0 Å². The van der Waals surface area contributed by atoms with Gasteiger partial charge in [-0.1, -0.05) is 32.0 Å². The van der Waals surface area contributed by atoms with E-state index in [2.05, 4.69) is 43.1 Å². The summed E-state index contributed by atoms with van der Waals surface area (Å²) in [7, 11) is 0. The fourth-order valence-electron chi connectivity index (χ4n) is 3.70. The summed E-state index contributed by atoms with van der Waals surface area (Å²) in [4.78, 5) is 7.32. The zero-order valence-corrected chi connectivity index (χ0v) is 19.2. The Morgan fingerprint density at radius 3 is 2.85 bits per heavy atom. The SMILES string of the molecule is CCNC(=NCc1ccccc1OCC(C)C)N1CCC2(CCOC2)C1.I. The number of rotatable bonds is 6. The Labute approximate surface area is 180 Å². The van der Waals surface area contributed by atoms with Gasteiger partial charge in [0.15, 0.2) is 5.96 Å². The molecule has 1 aromatic carbocycles. The van der Waals surface area contributed by atoms with Crippen LogP contribution in [0.1, 0.15) is 39.2 Å². The quantitative estimate of drug-likeness (QED) is 0.376. The zero-order chi connectivity index (χ0) is 18.4. The molecule has 5 nitrogen and oxygen atoms in total. The van der Waals surface area contributed by atoms with Gasteiger partial charge in [0, 0.05) is 37.2 Å². The number of benzene rings is 1. The van der Waals surface area contributed by atoms with Gasteiger partial charge in [-0.25, -0.2) is 4.99 Å². The van der Waals surface area contributed by atoms with Crippen LogP contribution in [0.15, 0.2) is 29.3 Å². The summed E-state index contributed by atoms with van der Waals surface area (Å²) in [5.41, 5.74) is 1.48. The maximum atomic E-state index is 5.97. The van der Waals surface area contributed by atoms with Crippen LogP contribution in [0.2, 0.25) is 0 Å². The maximum Gasteiger partial charge on any atom is 0.194 e. The number of nitrogens with one attached hydrogen (secondary N) is 1. The van der Waals surface area contributed by atoms with Crippen molar-refractivity contribution in [3.63, 3.8) is 0 Å². The highest BCUT2D eigenvalue weighted by molar-refractivity contribution is 14.0. The lowest BCUT2D eigenvalue weighted by Gasteiger charge is -2.25. The van der Waals surface area contributed by atoms with Gasteiger partial charge in [-0.15, -0.1) is 24.0 Å². The molecule has 1 unspecified atom stereocenters. The van der Waals surface area contributed by atoms with Crippen LogP contribution in [0.25, 0.3) is 0 Å². The lowest BCUT2D eigenvalue weighted by atomic mass is 9.87. The second-order valence-electron chi connectivity index (χ2n) is 7.96. The molecule has 27 heavy (non-hydrogen) atoms. The summed E-state index contributed by atoms with van der Waals surface area (Å²) in [6, 6.07) is 8.24. The Morgan fingerprint density at radius 2 is 2.15 bits per heavy atom. The van der Waals surface area contributed by atoms with E-state index in [1.807, 2.05) is 12.1 Å². The molecule has 2 aliphatic rings. The minimum absolute atomic E-state index is 0. The number of guanidine groups is 1. The van der Waals surface area contributed by atoms with Gasteiger partial charge >= 0.3 is 0 Å². The van der Waals surface area contributed by atoms with Crippen molar-refractivity contribution in [1.29, 1.82) is 0 Å². The van der Waals surface area contributed by atoms with Gasteiger partial charge in [0.25, 0.3) is 0 Å². The first-order valence-electron chi connectivity index (χ1n) is 9.93. The number of ether oxygens (including phenoxy) is 2. The van der Waals surface area contributed by atoms with Crippen molar-refractivity contribution < 1.29 is 9.47 Å². The highest BCUT2D eigenvalue weighted by Crippen LogP contribution is 2.38. The number of halogens is 1. The van der Waals surface area contributed by atoms with E-state index >= 15 is 0 Å². The molecule has 3 rings (SSSR count). The maximum absolute atomic E-state index is 5.97. The van der Waals surface area contributed by atoms with Gasteiger partial charge < -0.3 is 19.7 Å². The van der Waals surface area contributed by atoms with Gasteiger partial charge in [0.2, 0.25) is 0 Å². The third kappa shape index (κ3) is 5.98. The summed E-state index contributed by atoms with van der Waals surface area (Å²) in [6.45, 7) is 12.6. The van der Waals surface area contributed by atoms with Crippen LogP contribution in [0.3, 0.4) is 0 Å². The molecule has 0 aromatic heterocycles. The Bertz CT molecular complexity index is 615.